The van der Waals surface area contributed by atoms with Crippen molar-refractivity contribution in [2.24, 2.45) is 10.8 Å². The van der Waals surface area contributed by atoms with E-state index in [9.17, 15) is 19.2 Å². The van der Waals surface area contributed by atoms with Crippen LogP contribution in [0.25, 0.3) is 12.2 Å². The molecule has 0 aromatic heterocycles. The Bertz CT molecular complexity index is 1630. The molecule has 1 fully saturated rings. The molecule has 272 valence electrons. The molecule has 51 heavy (non-hydrogen) atoms. The van der Waals surface area contributed by atoms with Gasteiger partial charge in [-0.1, -0.05) is 104 Å². The Hall–Kier alpha value is -4.62. The minimum absolute atomic E-state index is 0.175. The Morgan fingerprint density at radius 3 is 1.59 bits per heavy atom. The van der Waals surface area contributed by atoms with Crippen molar-refractivity contribution in [2.75, 3.05) is 6.61 Å². The molecule has 1 heterocycles. The van der Waals surface area contributed by atoms with Gasteiger partial charge in [0.25, 0.3) is 0 Å². The van der Waals surface area contributed by atoms with Crippen LogP contribution in [0.1, 0.15) is 101 Å². The molecule has 0 saturated carbocycles. The average molecular weight is 695 g/mol. The number of ether oxygens (including phenoxy) is 3. The fourth-order valence-electron chi connectivity index (χ4n) is 5.57. The van der Waals surface area contributed by atoms with E-state index >= 15 is 0 Å². The molecule has 0 radical (unpaired) electrons. The molecule has 3 atom stereocenters. The Kier molecular flexibility index (Phi) is 14.9. The Balaban J connectivity index is 0.000000277. The molecule has 7 heteroatoms. The third-order valence-corrected chi connectivity index (χ3v) is 9.91. The maximum Gasteiger partial charge on any atom is 0.321 e. The molecular weight excluding hydrogens is 640 g/mol. The first-order chi connectivity index (χ1) is 24.1. The lowest BCUT2D eigenvalue weighted by atomic mass is 9.80. The van der Waals surface area contributed by atoms with Crippen LogP contribution in [0.2, 0.25) is 0 Å². The first-order valence-corrected chi connectivity index (χ1v) is 17.7. The number of rotatable bonds is 15. The molecule has 0 N–H and O–H groups in total. The van der Waals surface area contributed by atoms with Gasteiger partial charge in [0.15, 0.2) is 0 Å². The van der Waals surface area contributed by atoms with Gasteiger partial charge in [-0.3, -0.25) is 19.2 Å². The van der Waals surface area contributed by atoms with E-state index in [2.05, 4.69) is 13.2 Å². The van der Waals surface area contributed by atoms with Crippen molar-refractivity contribution in [2.45, 2.75) is 98.4 Å². The van der Waals surface area contributed by atoms with E-state index in [1.54, 1.807) is 26.0 Å². The van der Waals surface area contributed by atoms with E-state index in [1.807, 2.05) is 92.7 Å². The smallest absolute Gasteiger partial charge is 0.321 e. The highest BCUT2D eigenvalue weighted by molar-refractivity contribution is 6.03. The van der Waals surface area contributed by atoms with E-state index in [4.69, 9.17) is 14.2 Å². The summed E-state index contributed by atoms with van der Waals surface area (Å²) in [4.78, 5) is 50.0. The Morgan fingerprint density at radius 1 is 0.706 bits per heavy atom. The molecule has 0 bridgehead atoms. The van der Waals surface area contributed by atoms with Crippen molar-refractivity contribution >= 4 is 35.7 Å². The number of hydrogen-bond donors (Lipinski definition) is 0. The van der Waals surface area contributed by atoms with E-state index in [0.717, 1.165) is 40.7 Å². The molecule has 1 saturated heterocycles. The third kappa shape index (κ3) is 11.4. The molecule has 1 aliphatic rings. The van der Waals surface area contributed by atoms with Crippen LogP contribution in [0.15, 0.2) is 92.0 Å². The predicted molar refractivity (Wildman–Crippen MR) is 203 cm³/mol. The van der Waals surface area contributed by atoms with E-state index in [1.165, 1.54) is 13.8 Å². The van der Waals surface area contributed by atoms with Gasteiger partial charge < -0.3 is 14.2 Å². The highest BCUT2D eigenvalue weighted by atomic mass is 16.7. The third-order valence-electron chi connectivity index (χ3n) is 9.91. The summed E-state index contributed by atoms with van der Waals surface area (Å²) in [7, 11) is 0. The minimum Gasteiger partial charge on any atom is -0.454 e. The fourth-order valence-corrected chi connectivity index (χ4v) is 5.57. The lowest BCUT2D eigenvalue weighted by molar-refractivity contribution is -0.197. The van der Waals surface area contributed by atoms with Gasteiger partial charge >= 0.3 is 11.9 Å². The van der Waals surface area contributed by atoms with Crippen LogP contribution >= 0.6 is 0 Å². The topological polar surface area (TPSA) is 96.0 Å². The maximum absolute atomic E-state index is 13.0. The van der Waals surface area contributed by atoms with Crippen LogP contribution in [-0.2, 0) is 51.8 Å². The van der Waals surface area contributed by atoms with Gasteiger partial charge in [-0.05, 0) is 108 Å². The molecular formula is C44H54O7. The highest BCUT2D eigenvalue weighted by Crippen LogP contribution is 2.33. The monoisotopic (exact) mass is 694 g/mol. The number of carbonyl (C=O) groups is 4. The summed E-state index contributed by atoms with van der Waals surface area (Å²) in [5.74, 6) is -1.32. The number of aryl methyl sites for hydroxylation is 2. The zero-order chi connectivity index (χ0) is 37.7. The molecule has 3 unspecified atom stereocenters. The van der Waals surface area contributed by atoms with E-state index in [-0.39, 0.29) is 11.6 Å². The van der Waals surface area contributed by atoms with Crippen LogP contribution in [0.3, 0.4) is 0 Å². The lowest BCUT2D eigenvalue weighted by Crippen LogP contribution is -2.41. The van der Waals surface area contributed by atoms with Crippen LogP contribution < -0.4 is 0 Å². The molecule has 0 amide bonds. The van der Waals surface area contributed by atoms with Crippen molar-refractivity contribution in [1.29, 1.82) is 0 Å². The fraction of sp³-hybridized carbons (Fsp3) is 0.409. The summed E-state index contributed by atoms with van der Waals surface area (Å²) in [5, 5.41) is 0. The van der Waals surface area contributed by atoms with Crippen LogP contribution in [-0.4, -0.2) is 36.4 Å². The van der Waals surface area contributed by atoms with Crippen molar-refractivity contribution in [3.8, 4) is 0 Å². The predicted octanol–water partition coefficient (Wildman–Crippen LogP) is 9.26. The standard InChI is InChI=1S/C24H28O3.C20H26O4/c1-6-19-12-14-20(15-13-19)16-17-24(5,18(2)25)22(26)27-23(3,4)21-10-8-7-9-11-21;1-4-16-8-10-17(11-9-16)12-13-20(3,15(2)21)19(22)24-18-7-5-6-14-23-18/h6-15H,1,16-17H2,2-5H3;4,8-11,18H,1,5-7,12-14H2,2-3H3. The van der Waals surface area contributed by atoms with Crippen molar-refractivity contribution in [3.05, 3.63) is 120 Å². The number of benzene rings is 3. The van der Waals surface area contributed by atoms with Gasteiger partial charge in [-0.15, -0.1) is 0 Å². The van der Waals surface area contributed by atoms with Gasteiger partial charge in [0, 0.05) is 6.42 Å². The number of ketones is 2. The Labute approximate surface area is 304 Å². The van der Waals surface area contributed by atoms with Gasteiger partial charge in [-0.2, -0.15) is 0 Å². The van der Waals surface area contributed by atoms with E-state index in [0.29, 0.717) is 38.7 Å². The second-order valence-corrected chi connectivity index (χ2v) is 14.1. The number of Topliss-reactive ketones (excluding diaryl/α,β-unsaturated/α-hetero) is 2. The van der Waals surface area contributed by atoms with Gasteiger partial charge in [0.05, 0.1) is 6.61 Å². The normalized spacial score (nSPS) is 16.5. The minimum atomic E-state index is -1.18. The second kappa shape index (κ2) is 18.6. The van der Waals surface area contributed by atoms with Gasteiger partial charge in [-0.25, -0.2) is 0 Å². The molecule has 0 spiro atoms. The zero-order valence-electron chi connectivity index (χ0n) is 31.2. The van der Waals surface area contributed by atoms with E-state index < -0.39 is 34.7 Å². The number of hydrogen-bond acceptors (Lipinski definition) is 7. The highest BCUT2D eigenvalue weighted by Gasteiger charge is 2.43. The number of esters is 2. The average Bonchev–Trinajstić information content (AvgIpc) is 3.13. The molecule has 1 aliphatic heterocycles. The summed E-state index contributed by atoms with van der Waals surface area (Å²) in [6.07, 6.45) is 7.78. The summed E-state index contributed by atoms with van der Waals surface area (Å²) >= 11 is 0. The van der Waals surface area contributed by atoms with Gasteiger partial charge in [0.1, 0.15) is 28.0 Å². The molecule has 4 rings (SSSR count). The maximum atomic E-state index is 13.0. The first kappa shape index (κ1) is 40.8. The first-order valence-electron chi connectivity index (χ1n) is 17.7. The summed E-state index contributed by atoms with van der Waals surface area (Å²) in [5.41, 5.74) is 2.00. The second-order valence-electron chi connectivity index (χ2n) is 14.1. The summed E-state index contributed by atoms with van der Waals surface area (Å²) in [6, 6.07) is 25.4. The van der Waals surface area contributed by atoms with Crippen molar-refractivity contribution < 1.29 is 33.4 Å². The number of carbonyl (C=O) groups excluding carboxylic acids is 4. The SMILES string of the molecule is C=Cc1ccc(CCC(C)(C(C)=O)C(=O)OC(C)(C)c2ccccc2)cc1.C=Cc1ccc(CCC(C)(C(C)=O)C(=O)OC2CCCCO2)cc1. The summed E-state index contributed by atoms with van der Waals surface area (Å²) in [6.45, 7) is 18.0. The summed E-state index contributed by atoms with van der Waals surface area (Å²) < 4.78 is 16.7. The van der Waals surface area contributed by atoms with Crippen LogP contribution in [0, 0.1) is 10.8 Å². The molecule has 3 aromatic rings. The molecule has 7 nitrogen and oxygen atoms in total. The van der Waals surface area contributed by atoms with Gasteiger partial charge in [0.2, 0.25) is 6.29 Å². The molecule has 3 aromatic carbocycles. The largest absolute Gasteiger partial charge is 0.454 e. The van der Waals surface area contributed by atoms with Crippen LogP contribution in [0.5, 0.6) is 0 Å². The van der Waals surface area contributed by atoms with Crippen molar-refractivity contribution in [1.82, 2.24) is 0 Å². The Morgan fingerprint density at radius 2 is 1.18 bits per heavy atom. The molecule has 0 aliphatic carbocycles. The lowest BCUT2D eigenvalue weighted by Gasteiger charge is -2.32. The zero-order valence-corrected chi connectivity index (χ0v) is 31.2. The quantitative estimate of drug-likeness (QED) is 0.116. The van der Waals surface area contributed by atoms with Crippen molar-refractivity contribution in [3.63, 3.8) is 0 Å². The van der Waals surface area contributed by atoms with Crippen LogP contribution in [0.4, 0.5) is 0 Å².